The normalized spacial score (nSPS) is 16.4. The number of guanidine groups is 1. The molecular formula is C17H34N4O2. The molecule has 0 radical (unpaired) electrons. The Labute approximate surface area is 140 Å². The lowest BCUT2D eigenvalue weighted by Crippen LogP contribution is -2.46. The van der Waals surface area contributed by atoms with Gasteiger partial charge in [0.2, 0.25) is 5.91 Å². The molecule has 0 aromatic rings. The summed E-state index contributed by atoms with van der Waals surface area (Å²) in [6.45, 7) is 6.74. The average molecular weight is 326 g/mol. The van der Waals surface area contributed by atoms with Crippen LogP contribution in [0.4, 0.5) is 0 Å². The number of carbonyl (C=O) groups is 1. The van der Waals surface area contributed by atoms with Crippen molar-refractivity contribution >= 4 is 11.9 Å². The van der Waals surface area contributed by atoms with Crippen molar-refractivity contribution in [2.24, 2.45) is 10.9 Å². The minimum atomic E-state index is 0.0352. The van der Waals surface area contributed by atoms with Crippen LogP contribution in [-0.2, 0) is 9.53 Å². The average Bonchev–Trinajstić information content (AvgIpc) is 2.54. The van der Waals surface area contributed by atoms with E-state index in [1.807, 2.05) is 0 Å². The Morgan fingerprint density at radius 3 is 2.57 bits per heavy atom. The first-order valence-corrected chi connectivity index (χ1v) is 8.93. The van der Waals surface area contributed by atoms with Gasteiger partial charge in [0.1, 0.15) is 0 Å². The molecule has 1 aliphatic carbocycles. The van der Waals surface area contributed by atoms with E-state index in [0.717, 1.165) is 25.9 Å². The molecule has 0 aromatic heterocycles. The Morgan fingerprint density at radius 2 is 1.91 bits per heavy atom. The Hall–Kier alpha value is -1.30. The number of rotatable bonds is 9. The molecule has 23 heavy (non-hydrogen) atoms. The van der Waals surface area contributed by atoms with Crippen LogP contribution in [-0.4, -0.2) is 51.3 Å². The summed E-state index contributed by atoms with van der Waals surface area (Å²) in [6, 6.07) is 0.349. The van der Waals surface area contributed by atoms with Gasteiger partial charge in [0.25, 0.3) is 0 Å². The molecule has 1 aliphatic rings. The summed E-state index contributed by atoms with van der Waals surface area (Å²) in [7, 11) is 1.70. The highest BCUT2D eigenvalue weighted by molar-refractivity contribution is 5.86. The van der Waals surface area contributed by atoms with Crippen LogP contribution >= 0.6 is 0 Å². The Bertz CT molecular complexity index is 353. The van der Waals surface area contributed by atoms with Gasteiger partial charge in [-0.15, -0.1) is 0 Å². The second-order valence-electron chi connectivity index (χ2n) is 6.55. The third-order valence-electron chi connectivity index (χ3n) is 3.99. The van der Waals surface area contributed by atoms with Crippen LogP contribution in [0.2, 0.25) is 0 Å². The van der Waals surface area contributed by atoms with Crippen LogP contribution in [0.25, 0.3) is 0 Å². The number of nitrogens with zero attached hydrogens (tertiary/aromatic N) is 1. The number of aliphatic imine (C=N–C) groups is 1. The van der Waals surface area contributed by atoms with Crippen LogP contribution in [0.5, 0.6) is 0 Å². The second-order valence-corrected chi connectivity index (χ2v) is 6.55. The Morgan fingerprint density at radius 1 is 1.17 bits per heavy atom. The fraction of sp³-hybridized carbons (Fsp3) is 0.882. The summed E-state index contributed by atoms with van der Waals surface area (Å²) in [4.78, 5) is 16.0. The lowest BCUT2D eigenvalue weighted by molar-refractivity contribution is -0.120. The maximum Gasteiger partial charge on any atom is 0.239 e. The number of nitrogens with one attached hydrogen (secondary N) is 3. The zero-order valence-corrected chi connectivity index (χ0v) is 15.0. The molecule has 0 saturated heterocycles. The van der Waals surface area contributed by atoms with Crippen molar-refractivity contribution < 1.29 is 9.53 Å². The van der Waals surface area contributed by atoms with Crippen LogP contribution in [0.3, 0.4) is 0 Å². The minimum absolute atomic E-state index is 0.0352. The minimum Gasteiger partial charge on any atom is -0.380 e. The standard InChI is InChI=1S/C17H34N4O2/c1-14(2)9-11-23-12-10-19-17(18-3)20-13-16(22)21-15-7-5-4-6-8-15/h14-15H,4-13H2,1-3H3,(H,21,22)(H2,18,19,20). The van der Waals surface area contributed by atoms with Gasteiger partial charge in [-0.05, 0) is 25.2 Å². The highest BCUT2D eigenvalue weighted by atomic mass is 16.5. The molecule has 0 bridgehead atoms. The van der Waals surface area contributed by atoms with E-state index in [-0.39, 0.29) is 12.5 Å². The lowest BCUT2D eigenvalue weighted by Gasteiger charge is -2.23. The lowest BCUT2D eigenvalue weighted by atomic mass is 9.95. The smallest absolute Gasteiger partial charge is 0.239 e. The molecule has 6 nitrogen and oxygen atoms in total. The monoisotopic (exact) mass is 326 g/mol. The van der Waals surface area contributed by atoms with Crippen LogP contribution in [0.15, 0.2) is 4.99 Å². The van der Waals surface area contributed by atoms with Crippen molar-refractivity contribution in [3.63, 3.8) is 0 Å². The molecule has 1 amide bonds. The predicted octanol–water partition coefficient (Wildman–Crippen LogP) is 1.66. The van der Waals surface area contributed by atoms with Crippen molar-refractivity contribution in [1.82, 2.24) is 16.0 Å². The van der Waals surface area contributed by atoms with E-state index in [4.69, 9.17) is 4.74 Å². The summed E-state index contributed by atoms with van der Waals surface area (Å²) < 4.78 is 5.54. The summed E-state index contributed by atoms with van der Waals surface area (Å²) >= 11 is 0. The number of hydrogen-bond acceptors (Lipinski definition) is 3. The third kappa shape index (κ3) is 10.2. The maximum atomic E-state index is 11.9. The van der Waals surface area contributed by atoms with Gasteiger partial charge < -0.3 is 20.7 Å². The van der Waals surface area contributed by atoms with Crippen LogP contribution < -0.4 is 16.0 Å². The van der Waals surface area contributed by atoms with Gasteiger partial charge >= 0.3 is 0 Å². The van der Waals surface area contributed by atoms with Crippen molar-refractivity contribution in [3.05, 3.63) is 0 Å². The van der Waals surface area contributed by atoms with Crippen molar-refractivity contribution in [2.45, 2.75) is 58.4 Å². The molecule has 0 spiro atoms. The molecule has 1 saturated carbocycles. The summed E-state index contributed by atoms with van der Waals surface area (Å²) in [5, 5.41) is 9.27. The van der Waals surface area contributed by atoms with Crippen molar-refractivity contribution in [2.75, 3.05) is 33.4 Å². The number of carbonyl (C=O) groups excluding carboxylic acids is 1. The molecule has 3 N–H and O–H groups in total. The molecule has 0 unspecified atom stereocenters. The fourth-order valence-corrected chi connectivity index (χ4v) is 2.57. The molecular weight excluding hydrogens is 292 g/mol. The van der Waals surface area contributed by atoms with E-state index in [2.05, 4.69) is 34.8 Å². The van der Waals surface area contributed by atoms with Gasteiger partial charge in [-0.1, -0.05) is 33.1 Å². The fourth-order valence-electron chi connectivity index (χ4n) is 2.57. The Balaban J connectivity index is 2.07. The zero-order chi connectivity index (χ0) is 16.9. The number of ether oxygens (including phenoxy) is 1. The van der Waals surface area contributed by atoms with Gasteiger partial charge in [0, 0.05) is 26.2 Å². The van der Waals surface area contributed by atoms with Gasteiger partial charge in [-0.2, -0.15) is 0 Å². The second kappa shape index (κ2) is 12.2. The zero-order valence-electron chi connectivity index (χ0n) is 15.0. The molecule has 6 heteroatoms. The SMILES string of the molecule is CN=C(NCCOCCC(C)C)NCC(=O)NC1CCCCC1. The third-order valence-corrected chi connectivity index (χ3v) is 3.99. The van der Waals surface area contributed by atoms with Gasteiger partial charge in [0.05, 0.1) is 13.2 Å². The maximum absolute atomic E-state index is 11.9. The van der Waals surface area contributed by atoms with E-state index in [0.29, 0.717) is 31.1 Å². The first kappa shape index (κ1) is 19.7. The molecule has 0 atom stereocenters. The van der Waals surface area contributed by atoms with Gasteiger partial charge in [-0.25, -0.2) is 0 Å². The van der Waals surface area contributed by atoms with Crippen molar-refractivity contribution in [1.29, 1.82) is 0 Å². The number of hydrogen-bond donors (Lipinski definition) is 3. The van der Waals surface area contributed by atoms with Gasteiger partial charge in [-0.3, -0.25) is 9.79 Å². The van der Waals surface area contributed by atoms with Crippen molar-refractivity contribution in [3.8, 4) is 0 Å². The van der Waals surface area contributed by atoms with Crippen LogP contribution in [0, 0.1) is 5.92 Å². The molecule has 1 fully saturated rings. The highest BCUT2D eigenvalue weighted by Crippen LogP contribution is 2.16. The highest BCUT2D eigenvalue weighted by Gasteiger charge is 2.15. The first-order chi connectivity index (χ1) is 11.1. The van der Waals surface area contributed by atoms with Crippen LogP contribution in [0.1, 0.15) is 52.4 Å². The molecule has 0 heterocycles. The molecule has 1 rings (SSSR count). The van der Waals surface area contributed by atoms with E-state index in [1.54, 1.807) is 7.05 Å². The quantitative estimate of drug-likeness (QED) is 0.342. The van der Waals surface area contributed by atoms with E-state index in [9.17, 15) is 4.79 Å². The largest absolute Gasteiger partial charge is 0.380 e. The van der Waals surface area contributed by atoms with Gasteiger partial charge in [0.15, 0.2) is 5.96 Å². The molecule has 0 aromatic carbocycles. The summed E-state index contributed by atoms with van der Waals surface area (Å²) in [5.41, 5.74) is 0. The predicted molar refractivity (Wildman–Crippen MR) is 94.7 cm³/mol. The van der Waals surface area contributed by atoms with E-state index < -0.39 is 0 Å². The summed E-state index contributed by atoms with van der Waals surface area (Å²) in [5.74, 6) is 1.34. The van der Waals surface area contributed by atoms with E-state index >= 15 is 0 Å². The topological polar surface area (TPSA) is 74.8 Å². The van der Waals surface area contributed by atoms with E-state index in [1.165, 1.54) is 19.3 Å². The number of amides is 1. The summed E-state index contributed by atoms with van der Waals surface area (Å²) in [6.07, 6.45) is 7.02. The molecule has 134 valence electrons. The first-order valence-electron chi connectivity index (χ1n) is 8.93. The molecule has 0 aliphatic heterocycles. The Kier molecular flexibility index (Phi) is 10.4.